The third-order valence-corrected chi connectivity index (χ3v) is 2.63. The second-order valence-corrected chi connectivity index (χ2v) is 3.33. The molecule has 0 bridgehead atoms. The molecule has 2 aliphatic heterocycles. The van der Waals surface area contributed by atoms with E-state index in [1.807, 2.05) is 0 Å². The van der Waals surface area contributed by atoms with Crippen LogP contribution in [0.15, 0.2) is 0 Å². The highest BCUT2D eigenvalue weighted by Gasteiger charge is 2.27. The number of nitrogens with one attached hydrogen (secondary N) is 1. The van der Waals surface area contributed by atoms with Gasteiger partial charge in [0.1, 0.15) is 0 Å². The molecule has 0 aromatic carbocycles. The van der Waals surface area contributed by atoms with Crippen molar-refractivity contribution in [2.75, 3.05) is 19.8 Å². The van der Waals surface area contributed by atoms with Crippen molar-refractivity contribution in [1.82, 2.24) is 5.32 Å². The van der Waals surface area contributed by atoms with Crippen molar-refractivity contribution in [1.29, 1.82) is 0 Å². The zero-order chi connectivity index (χ0) is 6.81. The van der Waals surface area contributed by atoms with Gasteiger partial charge in [-0.15, -0.1) is 0 Å². The lowest BCUT2D eigenvalue weighted by molar-refractivity contribution is 0.179. The first kappa shape index (κ1) is 6.62. The summed E-state index contributed by atoms with van der Waals surface area (Å²) in [6, 6.07) is 0.780. The van der Waals surface area contributed by atoms with Crippen molar-refractivity contribution in [2.45, 2.75) is 25.3 Å². The lowest BCUT2D eigenvalue weighted by Gasteiger charge is -2.15. The second-order valence-electron chi connectivity index (χ2n) is 3.33. The van der Waals surface area contributed by atoms with E-state index in [0.29, 0.717) is 0 Å². The Labute approximate surface area is 61.9 Å². The SMILES string of the molecule is C1CNC(C2CCOC2)C1. The van der Waals surface area contributed by atoms with Gasteiger partial charge >= 0.3 is 0 Å². The Balaban J connectivity index is 1.85. The van der Waals surface area contributed by atoms with Crippen molar-refractivity contribution in [2.24, 2.45) is 5.92 Å². The normalized spacial score (nSPS) is 40.8. The molecule has 2 fully saturated rings. The molecule has 0 aliphatic carbocycles. The zero-order valence-electron chi connectivity index (χ0n) is 6.31. The van der Waals surface area contributed by atoms with Gasteiger partial charge in [0.2, 0.25) is 0 Å². The third-order valence-electron chi connectivity index (χ3n) is 2.63. The smallest absolute Gasteiger partial charge is 0.0510 e. The first-order valence-corrected chi connectivity index (χ1v) is 4.28. The van der Waals surface area contributed by atoms with E-state index in [4.69, 9.17) is 4.74 Å². The van der Waals surface area contributed by atoms with Gasteiger partial charge in [0, 0.05) is 12.6 Å². The molecule has 2 heteroatoms. The van der Waals surface area contributed by atoms with Gasteiger partial charge in [-0.25, -0.2) is 0 Å². The van der Waals surface area contributed by atoms with Crippen molar-refractivity contribution in [3.8, 4) is 0 Å². The molecule has 0 saturated carbocycles. The van der Waals surface area contributed by atoms with E-state index >= 15 is 0 Å². The van der Waals surface area contributed by atoms with Crippen molar-refractivity contribution >= 4 is 0 Å². The highest BCUT2D eigenvalue weighted by molar-refractivity contribution is 4.83. The van der Waals surface area contributed by atoms with E-state index in [2.05, 4.69) is 5.32 Å². The molecule has 0 spiro atoms. The molecular weight excluding hydrogens is 126 g/mol. The molecular formula is C8H15NO. The highest BCUT2D eigenvalue weighted by atomic mass is 16.5. The monoisotopic (exact) mass is 141 g/mol. The van der Waals surface area contributed by atoms with Crippen LogP contribution in [-0.2, 0) is 4.74 Å². The summed E-state index contributed by atoms with van der Waals surface area (Å²) >= 11 is 0. The third kappa shape index (κ3) is 1.18. The van der Waals surface area contributed by atoms with E-state index in [0.717, 1.165) is 25.2 Å². The van der Waals surface area contributed by atoms with Gasteiger partial charge in [-0.2, -0.15) is 0 Å². The maximum atomic E-state index is 5.33. The summed E-state index contributed by atoms with van der Waals surface area (Å²) < 4.78 is 5.33. The zero-order valence-corrected chi connectivity index (χ0v) is 6.31. The van der Waals surface area contributed by atoms with Gasteiger partial charge in [-0.05, 0) is 31.7 Å². The fraction of sp³-hybridized carbons (Fsp3) is 1.00. The number of ether oxygens (including phenoxy) is 1. The fourth-order valence-corrected chi connectivity index (χ4v) is 1.98. The Morgan fingerprint density at radius 3 is 2.90 bits per heavy atom. The van der Waals surface area contributed by atoms with Crippen molar-refractivity contribution in [3.05, 3.63) is 0 Å². The minimum atomic E-state index is 0.780. The molecule has 2 heterocycles. The molecule has 0 aromatic rings. The Morgan fingerprint density at radius 1 is 1.30 bits per heavy atom. The summed E-state index contributed by atoms with van der Waals surface area (Å²) in [5.41, 5.74) is 0. The average Bonchev–Trinajstić information content (AvgIpc) is 2.59. The number of hydrogen-bond donors (Lipinski definition) is 1. The van der Waals surface area contributed by atoms with Crippen LogP contribution in [0.3, 0.4) is 0 Å². The van der Waals surface area contributed by atoms with E-state index < -0.39 is 0 Å². The van der Waals surface area contributed by atoms with Crippen LogP contribution in [-0.4, -0.2) is 25.8 Å². The molecule has 2 aliphatic rings. The Morgan fingerprint density at radius 2 is 2.30 bits per heavy atom. The summed E-state index contributed by atoms with van der Waals surface area (Å²) in [4.78, 5) is 0. The standard InChI is InChI=1S/C8H15NO/c1-2-8(9-4-1)7-3-5-10-6-7/h7-9H,1-6H2. The van der Waals surface area contributed by atoms with Crippen LogP contribution in [0, 0.1) is 5.92 Å². The van der Waals surface area contributed by atoms with E-state index in [-0.39, 0.29) is 0 Å². The number of hydrogen-bond acceptors (Lipinski definition) is 2. The first-order valence-electron chi connectivity index (χ1n) is 4.28. The number of rotatable bonds is 1. The Bertz CT molecular complexity index is 89.8. The van der Waals surface area contributed by atoms with Crippen molar-refractivity contribution in [3.63, 3.8) is 0 Å². The summed E-state index contributed by atoms with van der Waals surface area (Å²) in [7, 11) is 0. The van der Waals surface area contributed by atoms with Crippen LogP contribution in [0.25, 0.3) is 0 Å². The van der Waals surface area contributed by atoms with Crippen LogP contribution < -0.4 is 5.32 Å². The van der Waals surface area contributed by atoms with Gasteiger partial charge < -0.3 is 10.1 Å². The lowest BCUT2D eigenvalue weighted by atomic mass is 9.98. The summed E-state index contributed by atoms with van der Waals surface area (Å²) in [5, 5.41) is 3.52. The van der Waals surface area contributed by atoms with E-state index in [1.165, 1.54) is 25.8 Å². The quantitative estimate of drug-likeness (QED) is 0.582. The molecule has 0 amide bonds. The van der Waals surface area contributed by atoms with Gasteiger partial charge in [0.15, 0.2) is 0 Å². The Kier molecular flexibility index (Phi) is 1.91. The van der Waals surface area contributed by atoms with E-state index in [1.54, 1.807) is 0 Å². The van der Waals surface area contributed by atoms with Crippen LogP contribution in [0.2, 0.25) is 0 Å². The van der Waals surface area contributed by atoms with Crippen LogP contribution in [0.1, 0.15) is 19.3 Å². The predicted octanol–water partition coefficient (Wildman–Crippen LogP) is 0.775. The molecule has 2 atom stereocenters. The summed E-state index contributed by atoms with van der Waals surface area (Å²) in [6.07, 6.45) is 4.01. The topological polar surface area (TPSA) is 21.3 Å². The molecule has 1 N–H and O–H groups in total. The minimum absolute atomic E-state index is 0.780. The first-order chi connectivity index (χ1) is 4.97. The molecule has 2 saturated heterocycles. The highest BCUT2D eigenvalue weighted by Crippen LogP contribution is 2.22. The van der Waals surface area contributed by atoms with Crippen LogP contribution in [0.4, 0.5) is 0 Å². The molecule has 58 valence electrons. The molecule has 10 heavy (non-hydrogen) atoms. The van der Waals surface area contributed by atoms with Gasteiger partial charge in [-0.1, -0.05) is 0 Å². The second kappa shape index (κ2) is 2.89. The van der Waals surface area contributed by atoms with E-state index in [9.17, 15) is 0 Å². The maximum absolute atomic E-state index is 5.33. The Hall–Kier alpha value is -0.0800. The summed E-state index contributed by atoms with van der Waals surface area (Å²) in [6.45, 7) is 3.21. The van der Waals surface area contributed by atoms with Gasteiger partial charge in [-0.3, -0.25) is 0 Å². The average molecular weight is 141 g/mol. The molecule has 2 rings (SSSR count). The van der Waals surface area contributed by atoms with Crippen LogP contribution in [0.5, 0.6) is 0 Å². The summed E-state index contributed by atoms with van der Waals surface area (Å²) in [5.74, 6) is 0.822. The fourth-order valence-electron chi connectivity index (χ4n) is 1.98. The molecule has 0 radical (unpaired) electrons. The molecule has 0 aromatic heterocycles. The molecule has 2 nitrogen and oxygen atoms in total. The lowest BCUT2D eigenvalue weighted by Crippen LogP contribution is -2.30. The van der Waals surface area contributed by atoms with Crippen LogP contribution >= 0.6 is 0 Å². The minimum Gasteiger partial charge on any atom is -0.381 e. The predicted molar refractivity (Wildman–Crippen MR) is 40.0 cm³/mol. The largest absolute Gasteiger partial charge is 0.381 e. The molecule has 2 unspecified atom stereocenters. The van der Waals surface area contributed by atoms with Crippen molar-refractivity contribution < 1.29 is 4.74 Å². The van der Waals surface area contributed by atoms with Gasteiger partial charge in [0.05, 0.1) is 6.61 Å². The maximum Gasteiger partial charge on any atom is 0.0510 e. The van der Waals surface area contributed by atoms with Gasteiger partial charge in [0.25, 0.3) is 0 Å².